The van der Waals surface area contributed by atoms with E-state index in [-0.39, 0.29) is 0 Å². The zero-order chi connectivity index (χ0) is 19.0. The average molecular weight is 394 g/mol. The Morgan fingerprint density at radius 2 is 1.46 bits per heavy atom. The number of carbonyl (C=O) groups is 2. The van der Waals surface area contributed by atoms with Crippen LogP contribution in [0.5, 0.6) is 0 Å². The summed E-state index contributed by atoms with van der Waals surface area (Å²) in [5.74, 6) is -4.22. The molecule has 0 saturated heterocycles. The lowest BCUT2D eigenvalue weighted by Gasteiger charge is -2.21. The summed E-state index contributed by atoms with van der Waals surface area (Å²) >= 11 is 5.06. The molecule has 24 heavy (non-hydrogen) atoms. The standard InChI is InChI=1S/C12H9ClF5NO4S/c1-3(2)24-6-4(9(20)21)7(11(13,14)15)19-8(12(16,17)18)5(6)10(22)23/h3H,1-2H3,(H,20,21)(H,22,23). The molecule has 0 aliphatic carbocycles. The molecule has 0 aromatic carbocycles. The summed E-state index contributed by atoms with van der Waals surface area (Å²) < 4.78 is 66.0. The van der Waals surface area contributed by atoms with Crippen molar-refractivity contribution >= 4 is 35.3 Å². The second-order valence-corrected chi connectivity index (χ2v) is 6.72. The van der Waals surface area contributed by atoms with Crippen LogP contribution >= 0.6 is 23.4 Å². The van der Waals surface area contributed by atoms with Gasteiger partial charge in [0.15, 0.2) is 5.69 Å². The lowest BCUT2D eigenvalue weighted by atomic mass is 10.1. The first-order chi connectivity index (χ1) is 10.7. The van der Waals surface area contributed by atoms with Gasteiger partial charge < -0.3 is 10.2 Å². The Labute approximate surface area is 140 Å². The van der Waals surface area contributed by atoms with E-state index in [0.717, 1.165) is 0 Å². The number of pyridine rings is 1. The minimum atomic E-state index is -5.41. The number of thioether (sulfide) groups is 1. The molecule has 0 bridgehead atoms. The first kappa shape index (κ1) is 20.4. The van der Waals surface area contributed by atoms with E-state index in [1.54, 1.807) is 0 Å². The van der Waals surface area contributed by atoms with Gasteiger partial charge in [-0.2, -0.15) is 22.0 Å². The first-order valence-electron chi connectivity index (χ1n) is 6.03. The van der Waals surface area contributed by atoms with E-state index in [1.807, 2.05) is 0 Å². The zero-order valence-electron chi connectivity index (χ0n) is 11.9. The van der Waals surface area contributed by atoms with Gasteiger partial charge in [-0.25, -0.2) is 14.6 Å². The van der Waals surface area contributed by atoms with Crippen LogP contribution in [0.1, 0.15) is 46.0 Å². The third kappa shape index (κ3) is 4.26. The third-order valence-electron chi connectivity index (χ3n) is 2.47. The van der Waals surface area contributed by atoms with Crippen molar-refractivity contribution in [3.63, 3.8) is 0 Å². The van der Waals surface area contributed by atoms with E-state index in [4.69, 9.17) is 10.2 Å². The van der Waals surface area contributed by atoms with E-state index >= 15 is 0 Å². The summed E-state index contributed by atoms with van der Waals surface area (Å²) in [5, 5.41) is 13.0. The number of alkyl halides is 6. The largest absolute Gasteiger partial charge is 0.478 e. The fraction of sp³-hybridized carbons (Fsp3) is 0.417. The van der Waals surface area contributed by atoms with Crippen molar-refractivity contribution in [3.8, 4) is 0 Å². The van der Waals surface area contributed by atoms with Crippen LogP contribution < -0.4 is 0 Å². The molecule has 0 aliphatic rings. The van der Waals surface area contributed by atoms with Crippen molar-refractivity contribution in [2.24, 2.45) is 0 Å². The number of carboxylic acid groups (broad SMARTS) is 2. The number of nitrogens with zero attached hydrogens (tertiary/aromatic N) is 1. The molecule has 0 amide bonds. The second-order valence-electron chi connectivity index (χ2n) is 4.66. The summed E-state index contributed by atoms with van der Waals surface area (Å²) in [5.41, 5.74) is -6.89. The molecule has 1 aromatic heterocycles. The van der Waals surface area contributed by atoms with Crippen LogP contribution in [-0.2, 0) is 11.6 Å². The number of aromatic nitrogens is 1. The van der Waals surface area contributed by atoms with Crippen molar-refractivity contribution < 1.29 is 41.8 Å². The van der Waals surface area contributed by atoms with Crippen LogP contribution in [0.4, 0.5) is 22.0 Å². The lowest BCUT2D eigenvalue weighted by Crippen LogP contribution is -2.25. The van der Waals surface area contributed by atoms with Crippen molar-refractivity contribution in [3.05, 3.63) is 22.5 Å². The molecule has 0 radical (unpaired) electrons. The molecule has 0 atom stereocenters. The van der Waals surface area contributed by atoms with Crippen molar-refractivity contribution in [1.29, 1.82) is 0 Å². The molecule has 0 spiro atoms. The fourth-order valence-electron chi connectivity index (χ4n) is 1.72. The summed E-state index contributed by atoms with van der Waals surface area (Å²) in [6.07, 6.45) is -5.41. The molecule has 134 valence electrons. The van der Waals surface area contributed by atoms with Gasteiger partial charge in [0.25, 0.3) is 0 Å². The summed E-state index contributed by atoms with van der Waals surface area (Å²) in [6, 6.07) is 0. The van der Waals surface area contributed by atoms with E-state index in [0.29, 0.717) is 11.8 Å². The minimum Gasteiger partial charge on any atom is -0.478 e. The maximum Gasteiger partial charge on any atom is 0.434 e. The van der Waals surface area contributed by atoms with E-state index in [1.165, 1.54) is 13.8 Å². The molecule has 0 fully saturated rings. The van der Waals surface area contributed by atoms with Gasteiger partial charge in [0.1, 0.15) is 16.8 Å². The van der Waals surface area contributed by atoms with Gasteiger partial charge >= 0.3 is 23.5 Å². The number of carboxylic acids is 2. The predicted molar refractivity (Wildman–Crippen MR) is 73.9 cm³/mol. The summed E-state index contributed by atoms with van der Waals surface area (Å²) in [7, 11) is 0. The molecule has 0 saturated carbocycles. The molecule has 1 rings (SSSR count). The molecular formula is C12H9ClF5NO4S. The highest BCUT2D eigenvalue weighted by Crippen LogP contribution is 2.44. The van der Waals surface area contributed by atoms with Crippen LogP contribution in [0.15, 0.2) is 4.90 Å². The van der Waals surface area contributed by atoms with Crippen LogP contribution in [-0.4, -0.2) is 32.4 Å². The van der Waals surface area contributed by atoms with Gasteiger partial charge in [0, 0.05) is 10.1 Å². The van der Waals surface area contributed by atoms with Crippen molar-refractivity contribution in [2.75, 3.05) is 0 Å². The lowest BCUT2D eigenvalue weighted by molar-refractivity contribution is -0.142. The molecule has 2 N–H and O–H groups in total. The Kier molecular flexibility index (Phi) is 5.71. The van der Waals surface area contributed by atoms with E-state index in [2.05, 4.69) is 16.6 Å². The number of hydrogen-bond acceptors (Lipinski definition) is 4. The molecule has 1 heterocycles. The number of aromatic carboxylic acids is 2. The molecule has 5 nitrogen and oxygen atoms in total. The van der Waals surface area contributed by atoms with Gasteiger partial charge in [-0.3, -0.25) is 0 Å². The first-order valence-corrected chi connectivity index (χ1v) is 7.29. The van der Waals surface area contributed by atoms with Crippen LogP contribution in [0.3, 0.4) is 0 Å². The van der Waals surface area contributed by atoms with Gasteiger partial charge in [0.2, 0.25) is 0 Å². The fourth-order valence-corrected chi connectivity index (χ4v) is 2.94. The third-order valence-corrected chi connectivity index (χ3v) is 3.76. The Morgan fingerprint density at radius 3 is 1.75 bits per heavy atom. The van der Waals surface area contributed by atoms with Crippen molar-refractivity contribution in [2.45, 2.75) is 35.6 Å². The van der Waals surface area contributed by atoms with Crippen LogP contribution in [0.25, 0.3) is 0 Å². The smallest absolute Gasteiger partial charge is 0.434 e. The second kappa shape index (κ2) is 6.71. The Balaban J connectivity index is 4.10. The van der Waals surface area contributed by atoms with Crippen LogP contribution in [0, 0.1) is 0 Å². The Bertz CT molecular complexity index is 637. The topological polar surface area (TPSA) is 87.5 Å². The maximum absolute atomic E-state index is 13.4. The number of halogens is 6. The summed E-state index contributed by atoms with van der Waals surface area (Å²) in [6.45, 7) is 2.82. The van der Waals surface area contributed by atoms with Gasteiger partial charge in [-0.15, -0.1) is 11.8 Å². The van der Waals surface area contributed by atoms with Crippen molar-refractivity contribution in [1.82, 2.24) is 4.98 Å². The maximum atomic E-state index is 13.4. The Hall–Kier alpha value is -1.62. The van der Waals surface area contributed by atoms with E-state index in [9.17, 15) is 31.5 Å². The predicted octanol–water partition coefficient (Wildman–Crippen LogP) is 4.29. The number of rotatable bonds is 5. The molecular weight excluding hydrogens is 385 g/mol. The van der Waals surface area contributed by atoms with Gasteiger partial charge in [-0.1, -0.05) is 13.8 Å². The summed E-state index contributed by atoms with van der Waals surface area (Å²) in [4.78, 5) is 24.1. The highest BCUT2D eigenvalue weighted by atomic mass is 35.5. The normalized spacial score (nSPS) is 12.5. The highest BCUT2D eigenvalue weighted by Gasteiger charge is 2.46. The average Bonchev–Trinajstić information content (AvgIpc) is 2.33. The van der Waals surface area contributed by atoms with Gasteiger partial charge in [-0.05, 0) is 11.6 Å². The monoisotopic (exact) mass is 393 g/mol. The molecule has 0 aliphatic heterocycles. The molecule has 0 unspecified atom stereocenters. The van der Waals surface area contributed by atoms with E-state index < -0.39 is 56.2 Å². The minimum absolute atomic E-state index is 0.375. The quantitative estimate of drug-likeness (QED) is 0.441. The molecule has 1 aromatic rings. The van der Waals surface area contributed by atoms with Gasteiger partial charge in [0.05, 0.1) is 0 Å². The number of hydrogen-bond donors (Lipinski definition) is 2. The highest BCUT2D eigenvalue weighted by molar-refractivity contribution is 8.00. The Morgan fingerprint density at radius 1 is 1.04 bits per heavy atom. The van der Waals surface area contributed by atoms with Crippen LogP contribution in [0.2, 0.25) is 0 Å². The SMILES string of the molecule is CC(C)Sc1c(C(=O)O)c(C(F)(F)F)nc(C(F)(F)Cl)c1C(=O)O. The zero-order valence-corrected chi connectivity index (χ0v) is 13.5. The molecule has 12 heteroatoms.